The number of halogens is 2. The molecular formula is C16H24Cl2N4OS2. The molecule has 140 valence electrons. The van der Waals surface area contributed by atoms with Crippen LogP contribution in [0.3, 0.4) is 0 Å². The van der Waals surface area contributed by atoms with Gasteiger partial charge in [0.15, 0.2) is 0 Å². The van der Waals surface area contributed by atoms with Crippen LogP contribution in [0.2, 0.25) is 0 Å². The van der Waals surface area contributed by atoms with E-state index in [1.54, 1.807) is 5.38 Å². The molecule has 25 heavy (non-hydrogen) atoms. The Bertz CT molecular complexity index is 636. The lowest BCUT2D eigenvalue weighted by Gasteiger charge is -2.32. The largest absolute Gasteiger partial charge is 0.350 e. The molecule has 3 rings (SSSR count). The number of nitrogens with two attached hydrogens (primary N) is 1. The lowest BCUT2D eigenvalue weighted by Crippen LogP contribution is -2.40. The van der Waals surface area contributed by atoms with Gasteiger partial charge in [-0.3, -0.25) is 9.69 Å². The van der Waals surface area contributed by atoms with Gasteiger partial charge in [-0.1, -0.05) is 6.07 Å². The highest BCUT2D eigenvalue weighted by Gasteiger charge is 2.21. The second-order valence-corrected chi connectivity index (χ2v) is 7.84. The number of amides is 1. The molecule has 2 aromatic rings. The Kier molecular flexibility index (Phi) is 9.92. The molecule has 1 saturated heterocycles. The molecular weight excluding hydrogens is 399 g/mol. The van der Waals surface area contributed by atoms with Gasteiger partial charge in [-0.2, -0.15) is 0 Å². The van der Waals surface area contributed by atoms with Gasteiger partial charge < -0.3 is 11.1 Å². The van der Waals surface area contributed by atoms with E-state index in [0.29, 0.717) is 18.2 Å². The van der Waals surface area contributed by atoms with Gasteiger partial charge in [0.2, 0.25) is 0 Å². The van der Waals surface area contributed by atoms with Crippen molar-refractivity contribution in [2.75, 3.05) is 19.6 Å². The summed E-state index contributed by atoms with van der Waals surface area (Å²) in [5.41, 5.74) is 6.02. The van der Waals surface area contributed by atoms with E-state index >= 15 is 0 Å². The average Bonchev–Trinajstić information content (AvgIpc) is 3.24. The van der Waals surface area contributed by atoms with Crippen LogP contribution in [0.1, 0.15) is 33.2 Å². The number of hydrogen-bond donors (Lipinski definition) is 2. The van der Waals surface area contributed by atoms with Crippen molar-refractivity contribution in [2.45, 2.75) is 25.9 Å². The highest BCUT2D eigenvalue weighted by atomic mass is 35.5. The van der Waals surface area contributed by atoms with Gasteiger partial charge in [0, 0.05) is 36.4 Å². The van der Waals surface area contributed by atoms with Crippen LogP contribution in [0.25, 0.3) is 0 Å². The molecule has 3 heterocycles. The second kappa shape index (κ2) is 11.1. The highest BCUT2D eigenvalue weighted by molar-refractivity contribution is 7.10. The van der Waals surface area contributed by atoms with Crippen molar-refractivity contribution >= 4 is 53.4 Å². The summed E-state index contributed by atoms with van der Waals surface area (Å²) in [4.78, 5) is 20.3. The number of nitrogens with zero attached hydrogens (tertiary/aromatic N) is 2. The molecule has 1 aliphatic heterocycles. The molecule has 1 unspecified atom stereocenters. The van der Waals surface area contributed by atoms with Gasteiger partial charge in [-0.15, -0.1) is 47.5 Å². The molecule has 0 spiro atoms. The molecule has 0 radical (unpaired) electrons. The molecule has 1 aliphatic rings. The molecule has 1 atom stereocenters. The molecule has 2 aromatic heterocycles. The second-order valence-electron chi connectivity index (χ2n) is 5.86. The first kappa shape index (κ1) is 22.3. The fourth-order valence-electron chi connectivity index (χ4n) is 2.92. The van der Waals surface area contributed by atoms with Gasteiger partial charge in [0.25, 0.3) is 5.91 Å². The maximum absolute atomic E-state index is 12.1. The van der Waals surface area contributed by atoms with Crippen molar-refractivity contribution in [3.63, 3.8) is 0 Å². The van der Waals surface area contributed by atoms with Crippen LogP contribution in [0.4, 0.5) is 0 Å². The highest BCUT2D eigenvalue weighted by Crippen LogP contribution is 2.20. The van der Waals surface area contributed by atoms with E-state index in [4.69, 9.17) is 5.73 Å². The molecule has 1 fully saturated rings. The van der Waals surface area contributed by atoms with Crippen LogP contribution in [0, 0.1) is 5.92 Å². The minimum Gasteiger partial charge on any atom is -0.350 e. The van der Waals surface area contributed by atoms with Crippen LogP contribution >= 0.6 is 47.5 Å². The predicted molar refractivity (Wildman–Crippen MR) is 109 cm³/mol. The lowest BCUT2D eigenvalue weighted by atomic mass is 9.98. The monoisotopic (exact) mass is 422 g/mol. The predicted octanol–water partition coefficient (Wildman–Crippen LogP) is 3.15. The maximum Gasteiger partial charge on any atom is 0.270 e. The minimum atomic E-state index is -0.0867. The molecule has 0 saturated carbocycles. The molecule has 0 aliphatic carbocycles. The van der Waals surface area contributed by atoms with Gasteiger partial charge in [-0.05, 0) is 36.8 Å². The van der Waals surface area contributed by atoms with E-state index in [2.05, 4.69) is 32.7 Å². The Labute approximate surface area is 168 Å². The summed E-state index contributed by atoms with van der Waals surface area (Å²) in [6, 6.07) is 4.29. The summed E-state index contributed by atoms with van der Waals surface area (Å²) in [7, 11) is 0. The van der Waals surface area contributed by atoms with Gasteiger partial charge in [0.1, 0.15) is 10.7 Å². The molecule has 0 aromatic carbocycles. The van der Waals surface area contributed by atoms with Crippen molar-refractivity contribution in [1.82, 2.24) is 15.2 Å². The summed E-state index contributed by atoms with van der Waals surface area (Å²) in [5.74, 6) is 0.427. The number of rotatable bonds is 6. The summed E-state index contributed by atoms with van der Waals surface area (Å²) in [6.07, 6.45) is 2.37. The summed E-state index contributed by atoms with van der Waals surface area (Å²) < 4.78 is 0. The summed E-state index contributed by atoms with van der Waals surface area (Å²) in [6.45, 7) is 4.32. The zero-order valence-electron chi connectivity index (χ0n) is 13.8. The van der Waals surface area contributed by atoms with E-state index < -0.39 is 0 Å². The Balaban J connectivity index is 0.00000156. The third kappa shape index (κ3) is 6.51. The zero-order chi connectivity index (χ0) is 16.1. The normalized spacial score (nSPS) is 17.4. The lowest BCUT2D eigenvalue weighted by molar-refractivity contribution is 0.0926. The van der Waals surface area contributed by atoms with Crippen molar-refractivity contribution in [2.24, 2.45) is 11.7 Å². The average molecular weight is 423 g/mol. The van der Waals surface area contributed by atoms with E-state index in [9.17, 15) is 4.79 Å². The van der Waals surface area contributed by atoms with Crippen molar-refractivity contribution in [3.8, 4) is 0 Å². The topological polar surface area (TPSA) is 71.2 Å². The Hall–Kier alpha value is -0.700. The van der Waals surface area contributed by atoms with E-state index in [0.717, 1.165) is 31.2 Å². The third-order valence-electron chi connectivity index (χ3n) is 4.07. The van der Waals surface area contributed by atoms with Crippen molar-refractivity contribution in [3.05, 3.63) is 38.5 Å². The molecule has 0 bridgehead atoms. The smallest absolute Gasteiger partial charge is 0.270 e. The molecule has 9 heteroatoms. The molecule has 5 nitrogen and oxygen atoms in total. The van der Waals surface area contributed by atoms with E-state index in [-0.39, 0.29) is 30.7 Å². The number of aromatic nitrogens is 1. The zero-order valence-corrected chi connectivity index (χ0v) is 17.1. The number of carbonyl (C=O) groups is 1. The first-order valence-electron chi connectivity index (χ1n) is 7.92. The maximum atomic E-state index is 12.1. The number of thiazole rings is 1. The first-order valence-corrected chi connectivity index (χ1v) is 9.68. The number of carbonyl (C=O) groups excluding carboxylic acids is 1. The van der Waals surface area contributed by atoms with E-state index in [1.165, 1.54) is 29.1 Å². The Morgan fingerprint density at radius 2 is 2.24 bits per heavy atom. The van der Waals surface area contributed by atoms with Gasteiger partial charge in [-0.25, -0.2) is 4.98 Å². The van der Waals surface area contributed by atoms with Crippen LogP contribution in [-0.4, -0.2) is 35.4 Å². The quantitative estimate of drug-likeness (QED) is 0.749. The van der Waals surface area contributed by atoms with Crippen molar-refractivity contribution in [1.29, 1.82) is 0 Å². The van der Waals surface area contributed by atoms with Crippen LogP contribution in [0.15, 0.2) is 22.9 Å². The Morgan fingerprint density at radius 1 is 1.40 bits per heavy atom. The molecule has 3 N–H and O–H groups in total. The van der Waals surface area contributed by atoms with Gasteiger partial charge >= 0.3 is 0 Å². The van der Waals surface area contributed by atoms with Crippen LogP contribution in [-0.2, 0) is 13.1 Å². The Morgan fingerprint density at radius 3 is 2.92 bits per heavy atom. The standard InChI is InChI=1S/C16H22N4OS2.2ClH/c17-7-15-19-14(11-23-15)16(21)18-8-12-3-1-5-20(9-12)10-13-4-2-6-22-13;;/h2,4,6,11-12H,1,3,5,7-10,17H2,(H,18,21);2*1H. The number of hydrogen-bond acceptors (Lipinski definition) is 6. The fraction of sp³-hybridized carbons (Fsp3) is 0.500. The number of nitrogens with one attached hydrogen (secondary N) is 1. The summed E-state index contributed by atoms with van der Waals surface area (Å²) in [5, 5.41) is 7.73. The van der Waals surface area contributed by atoms with Crippen LogP contribution in [0.5, 0.6) is 0 Å². The van der Waals surface area contributed by atoms with Crippen LogP contribution < -0.4 is 11.1 Å². The summed E-state index contributed by atoms with van der Waals surface area (Å²) >= 11 is 3.25. The number of likely N-dealkylation sites (tertiary alicyclic amines) is 1. The van der Waals surface area contributed by atoms with Crippen molar-refractivity contribution < 1.29 is 4.79 Å². The third-order valence-corrected chi connectivity index (χ3v) is 5.81. The molecule has 1 amide bonds. The SMILES string of the molecule is Cl.Cl.NCc1nc(C(=O)NCC2CCCN(Cc3cccs3)C2)cs1. The fourth-order valence-corrected chi connectivity index (χ4v) is 4.32. The number of thiophene rings is 1. The number of piperidine rings is 1. The van der Waals surface area contributed by atoms with E-state index in [1.807, 2.05) is 11.3 Å². The minimum absolute atomic E-state index is 0. The first-order chi connectivity index (χ1) is 11.2. The van der Waals surface area contributed by atoms with Gasteiger partial charge in [0.05, 0.1) is 0 Å².